The Balaban J connectivity index is 1.33. The zero-order valence-electron chi connectivity index (χ0n) is 14.2. The van der Waals surface area contributed by atoms with Crippen LogP contribution in [0.3, 0.4) is 0 Å². The molecule has 0 radical (unpaired) electrons. The van der Waals surface area contributed by atoms with Gasteiger partial charge in [0.2, 0.25) is 11.8 Å². The van der Waals surface area contributed by atoms with Gasteiger partial charge in [0.1, 0.15) is 17.9 Å². The molecule has 1 atom stereocenters. The van der Waals surface area contributed by atoms with E-state index in [-0.39, 0.29) is 12.0 Å². The molecule has 0 aromatic carbocycles. The van der Waals surface area contributed by atoms with E-state index in [1.165, 1.54) is 6.33 Å². The number of aryl methyl sites for hydroxylation is 1. The van der Waals surface area contributed by atoms with Gasteiger partial charge in [0, 0.05) is 38.2 Å². The predicted molar refractivity (Wildman–Crippen MR) is 94.2 cm³/mol. The van der Waals surface area contributed by atoms with Crippen molar-refractivity contribution >= 4 is 22.9 Å². The van der Waals surface area contributed by atoms with Crippen molar-refractivity contribution in [1.29, 1.82) is 0 Å². The highest BCUT2D eigenvalue weighted by Gasteiger charge is 2.27. The number of carbonyl (C=O) groups excluding carboxylic acids is 1. The lowest BCUT2D eigenvalue weighted by atomic mass is 10.3. The van der Waals surface area contributed by atoms with Crippen LogP contribution in [0.25, 0.3) is 11.2 Å². The smallest absolute Gasteiger partial charge is 0.224 e. The summed E-state index contributed by atoms with van der Waals surface area (Å²) in [5.74, 6) is 1.02. The molecule has 2 N–H and O–H groups in total. The molecule has 3 aromatic rings. The van der Waals surface area contributed by atoms with E-state index >= 15 is 0 Å². The third kappa shape index (κ3) is 3.28. The molecule has 1 aliphatic heterocycles. The minimum absolute atomic E-state index is 0.0181. The number of amides is 1. The van der Waals surface area contributed by atoms with Crippen LogP contribution >= 0.6 is 0 Å². The number of hydrogen-bond donors (Lipinski definition) is 1. The lowest BCUT2D eigenvalue weighted by Crippen LogP contribution is -2.31. The number of hydrogen-bond acceptors (Lipinski definition) is 7. The fourth-order valence-electron chi connectivity index (χ4n) is 3.08. The Morgan fingerprint density at radius 3 is 3.04 bits per heavy atom. The van der Waals surface area contributed by atoms with Crippen molar-refractivity contribution in [1.82, 2.24) is 29.4 Å². The molecular formula is C17H19N7O2. The van der Waals surface area contributed by atoms with Crippen molar-refractivity contribution in [3.8, 4) is 5.88 Å². The molecule has 0 spiro atoms. The minimum atomic E-state index is -0.0181. The molecule has 4 heterocycles. The number of pyridine rings is 1. The summed E-state index contributed by atoms with van der Waals surface area (Å²) in [5, 5.41) is 0. The van der Waals surface area contributed by atoms with Gasteiger partial charge in [-0.15, -0.1) is 0 Å². The first-order valence-corrected chi connectivity index (χ1v) is 8.47. The molecule has 1 fully saturated rings. The van der Waals surface area contributed by atoms with Gasteiger partial charge in [-0.3, -0.25) is 4.79 Å². The molecule has 0 aliphatic carbocycles. The number of nitrogens with two attached hydrogens (primary N) is 1. The van der Waals surface area contributed by atoms with Gasteiger partial charge in [0.25, 0.3) is 0 Å². The number of imidazole rings is 1. The highest BCUT2D eigenvalue weighted by atomic mass is 16.5. The summed E-state index contributed by atoms with van der Waals surface area (Å²) in [7, 11) is 0. The number of fused-ring (bicyclic) bond motifs is 1. The van der Waals surface area contributed by atoms with Gasteiger partial charge >= 0.3 is 0 Å². The molecule has 9 nitrogen and oxygen atoms in total. The maximum absolute atomic E-state index is 12.5. The standard InChI is InChI=1S/C17H19N7O2/c18-16-15-17(21-10-20-16)24(11-22-15)8-5-14(25)23-7-4-12(9-23)26-13-3-1-2-6-19-13/h1-3,6,10-12H,4-5,7-9H2,(H2,18,20,21). The van der Waals surface area contributed by atoms with Crippen molar-refractivity contribution in [3.63, 3.8) is 0 Å². The second-order valence-corrected chi connectivity index (χ2v) is 6.16. The summed E-state index contributed by atoms with van der Waals surface area (Å²) in [5.41, 5.74) is 6.98. The van der Waals surface area contributed by atoms with Crippen LogP contribution in [0, 0.1) is 0 Å². The third-order valence-corrected chi connectivity index (χ3v) is 4.42. The Hall–Kier alpha value is -3.23. The quantitative estimate of drug-likeness (QED) is 0.724. The zero-order valence-corrected chi connectivity index (χ0v) is 14.2. The summed E-state index contributed by atoms with van der Waals surface area (Å²) in [6.07, 6.45) is 5.89. The van der Waals surface area contributed by atoms with Gasteiger partial charge in [-0.1, -0.05) is 6.07 Å². The van der Waals surface area contributed by atoms with Crippen molar-refractivity contribution in [3.05, 3.63) is 37.1 Å². The Labute approximate surface area is 149 Å². The van der Waals surface area contributed by atoms with Gasteiger partial charge in [0.05, 0.1) is 12.9 Å². The average molecular weight is 353 g/mol. The van der Waals surface area contributed by atoms with Crippen LogP contribution in [0.15, 0.2) is 37.1 Å². The number of nitrogens with zero attached hydrogens (tertiary/aromatic N) is 6. The lowest BCUT2D eigenvalue weighted by Gasteiger charge is -2.17. The maximum atomic E-state index is 12.5. The third-order valence-electron chi connectivity index (χ3n) is 4.42. The molecule has 1 amide bonds. The Morgan fingerprint density at radius 2 is 2.19 bits per heavy atom. The Morgan fingerprint density at radius 1 is 1.27 bits per heavy atom. The summed E-state index contributed by atoms with van der Waals surface area (Å²) < 4.78 is 7.65. The zero-order chi connectivity index (χ0) is 17.9. The summed E-state index contributed by atoms with van der Waals surface area (Å²) >= 11 is 0. The van der Waals surface area contributed by atoms with Crippen LogP contribution in [0.4, 0.5) is 5.82 Å². The van der Waals surface area contributed by atoms with E-state index in [1.807, 2.05) is 27.7 Å². The number of anilines is 1. The molecule has 1 aliphatic rings. The Kier molecular flexibility index (Phi) is 4.34. The van der Waals surface area contributed by atoms with E-state index in [2.05, 4.69) is 19.9 Å². The van der Waals surface area contributed by atoms with E-state index in [0.29, 0.717) is 48.9 Å². The van der Waals surface area contributed by atoms with Crippen LogP contribution in [-0.2, 0) is 11.3 Å². The van der Waals surface area contributed by atoms with Crippen LogP contribution < -0.4 is 10.5 Å². The van der Waals surface area contributed by atoms with E-state index in [9.17, 15) is 4.79 Å². The van der Waals surface area contributed by atoms with Gasteiger partial charge < -0.3 is 19.9 Å². The minimum Gasteiger partial charge on any atom is -0.472 e. The fourth-order valence-corrected chi connectivity index (χ4v) is 3.08. The first-order valence-electron chi connectivity index (χ1n) is 8.47. The first-order chi connectivity index (χ1) is 12.7. The molecule has 1 saturated heterocycles. The molecule has 0 saturated carbocycles. The first kappa shape index (κ1) is 16.2. The van der Waals surface area contributed by atoms with Gasteiger partial charge in [-0.05, 0) is 6.07 Å². The molecule has 0 bridgehead atoms. The van der Waals surface area contributed by atoms with E-state index in [1.54, 1.807) is 12.5 Å². The number of carbonyl (C=O) groups is 1. The number of ether oxygens (including phenoxy) is 1. The second-order valence-electron chi connectivity index (χ2n) is 6.16. The maximum Gasteiger partial charge on any atom is 0.224 e. The summed E-state index contributed by atoms with van der Waals surface area (Å²) in [4.78, 5) is 30.8. The largest absolute Gasteiger partial charge is 0.472 e. The number of likely N-dealkylation sites (tertiary alicyclic amines) is 1. The van der Waals surface area contributed by atoms with Crippen molar-refractivity contribution in [2.75, 3.05) is 18.8 Å². The molecule has 9 heteroatoms. The van der Waals surface area contributed by atoms with Gasteiger partial charge in [-0.25, -0.2) is 19.9 Å². The molecule has 1 unspecified atom stereocenters. The number of nitrogen functional groups attached to an aromatic ring is 1. The number of rotatable bonds is 5. The molecular weight excluding hydrogens is 334 g/mol. The van der Waals surface area contributed by atoms with Crippen LogP contribution in [0.5, 0.6) is 5.88 Å². The summed E-state index contributed by atoms with van der Waals surface area (Å²) in [6.45, 7) is 1.76. The molecule has 134 valence electrons. The van der Waals surface area contributed by atoms with Crippen LogP contribution in [-0.4, -0.2) is 54.5 Å². The van der Waals surface area contributed by atoms with Crippen molar-refractivity contribution < 1.29 is 9.53 Å². The highest BCUT2D eigenvalue weighted by Crippen LogP contribution is 2.18. The SMILES string of the molecule is Nc1ncnc2c1ncn2CCC(=O)N1CCC(Oc2ccccn2)C1. The predicted octanol–water partition coefficient (Wildman–Crippen LogP) is 0.873. The molecule has 4 rings (SSSR count). The summed E-state index contributed by atoms with van der Waals surface area (Å²) in [6, 6.07) is 5.55. The fraction of sp³-hybridized carbons (Fsp3) is 0.353. The van der Waals surface area contributed by atoms with Crippen molar-refractivity contribution in [2.45, 2.75) is 25.5 Å². The van der Waals surface area contributed by atoms with Crippen LogP contribution in [0.1, 0.15) is 12.8 Å². The van der Waals surface area contributed by atoms with E-state index in [4.69, 9.17) is 10.5 Å². The number of aromatic nitrogens is 5. The normalized spacial score (nSPS) is 16.9. The second kappa shape index (κ2) is 6.95. The van der Waals surface area contributed by atoms with E-state index < -0.39 is 0 Å². The van der Waals surface area contributed by atoms with E-state index in [0.717, 1.165) is 6.42 Å². The highest BCUT2D eigenvalue weighted by molar-refractivity contribution is 5.81. The monoisotopic (exact) mass is 353 g/mol. The Bertz CT molecular complexity index is 912. The van der Waals surface area contributed by atoms with Crippen LogP contribution in [0.2, 0.25) is 0 Å². The molecule has 26 heavy (non-hydrogen) atoms. The lowest BCUT2D eigenvalue weighted by molar-refractivity contribution is -0.130. The van der Waals surface area contributed by atoms with Crippen molar-refractivity contribution in [2.24, 2.45) is 0 Å². The van der Waals surface area contributed by atoms with Gasteiger partial charge in [0.15, 0.2) is 11.5 Å². The van der Waals surface area contributed by atoms with Gasteiger partial charge in [-0.2, -0.15) is 0 Å². The molecule has 3 aromatic heterocycles. The average Bonchev–Trinajstić information content (AvgIpc) is 3.28. The topological polar surface area (TPSA) is 112 Å².